The molecule has 1 N–H and O–H groups in total. The van der Waals surface area contributed by atoms with Crippen molar-refractivity contribution in [3.8, 4) is 28.3 Å². The zero-order chi connectivity index (χ0) is 22.0. The minimum atomic E-state index is -4.78. The number of halogens is 4. The number of hydrogen-bond donors (Lipinski definition) is 1. The second-order valence-electron chi connectivity index (χ2n) is 6.55. The second kappa shape index (κ2) is 8.67. The van der Waals surface area contributed by atoms with Crippen LogP contribution in [0, 0.1) is 3.57 Å². The fourth-order valence-corrected chi connectivity index (χ4v) is 3.66. The zero-order valence-electron chi connectivity index (χ0n) is 15.7. The Labute approximate surface area is 188 Å². The van der Waals surface area contributed by atoms with Gasteiger partial charge >= 0.3 is 6.36 Å². The van der Waals surface area contributed by atoms with Crippen LogP contribution in [-0.4, -0.2) is 21.6 Å². The molecular weight excluding hydrogens is 524 g/mol. The minimum absolute atomic E-state index is 0.309. The molecule has 2 aromatic carbocycles. The first-order valence-electron chi connectivity index (χ1n) is 9.01. The average Bonchev–Trinajstić information content (AvgIpc) is 3.18. The summed E-state index contributed by atoms with van der Waals surface area (Å²) in [7, 11) is 0. The SMILES string of the molecule is OC(c1cccnc1)c1c(-c2ccc(OC(F)(F)F)cc2)noc1-c1cccc(I)c1. The number of hydrogen-bond acceptors (Lipinski definition) is 5. The molecule has 0 aliphatic rings. The van der Waals surface area contributed by atoms with Crippen LogP contribution in [0.1, 0.15) is 17.2 Å². The van der Waals surface area contributed by atoms with E-state index in [1.165, 1.54) is 30.5 Å². The predicted molar refractivity (Wildman–Crippen MR) is 115 cm³/mol. The van der Waals surface area contributed by atoms with Gasteiger partial charge in [0.05, 0.1) is 5.56 Å². The Hall–Kier alpha value is -2.92. The monoisotopic (exact) mass is 538 g/mol. The van der Waals surface area contributed by atoms with E-state index in [-0.39, 0.29) is 5.75 Å². The van der Waals surface area contributed by atoms with Gasteiger partial charge in [0.25, 0.3) is 0 Å². The number of aliphatic hydroxyl groups is 1. The summed E-state index contributed by atoms with van der Waals surface area (Å²) in [4.78, 5) is 4.04. The van der Waals surface area contributed by atoms with Crippen molar-refractivity contribution in [1.82, 2.24) is 10.1 Å². The van der Waals surface area contributed by atoms with E-state index in [9.17, 15) is 18.3 Å². The van der Waals surface area contributed by atoms with Gasteiger partial charge in [0, 0.05) is 32.7 Å². The van der Waals surface area contributed by atoms with Gasteiger partial charge in [0.1, 0.15) is 17.5 Å². The van der Waals surface area contributed by atoms with Crippen LogP contribution in [0.2, 0.25) is 0 Å². The number of pyridine rings is 1. The Balaban J connectivity index is 1.81. The highest BCUT2D eigenvalue weighted by Gasteiger charge is 2.31. The summed E-state index contributed by atoms with van der Waals surface area (Å²) in [5.41, 5.74) is 2.40. The van der Waals surface area contributed by atoms with Crippen molar-refractivity contribution in [2.45, 2.75) is 12.5 Å². The van der Waals surface area contributed by atoms with Crippen molar-refractivity contribution < 1.29 is 27.5 Å². The standard InChI is InChI=1S/C22H14F3IN2O3/c23-22(24,25)30-17-8-6-13(7-9-17)19-18(20(29)15-4-2-10-27-12-15)21(31-28-19)14-3-1-5-16(26)11-14/h1-12,20,29H. The van der Waals surface area contributed by atoms with Crippen molar-refractivity contribution in [2.75, 3.05) is 0 Å². The molecule has 158 valence electrons. The third kappa shape index (κ3) is 4.88. The van der Waals surface area contributed by atoms with Crippen molar-refractivity contribution >= 4 is 22.6 Å². The first kappa shape index (κ1) is 21.3. The lowest BCUT2D eigenvalue weighted by Crippen LogP contribution is -2.16. The summed E-state index contributed by atoms with van der Waals surface area (Å²) in [6.45, 7) is 0. The number of alkyl halides is 3. The highest BCUT2D eigenvalue weighted by molar-refractivity contribution is 14.1. The minimum Gasteiger partial charge on any atom is -0.406 e. The van der Waals surface area contributed by atoms with Gasteiger partial charge < -0.3 is 14.4 Å². The highest BCUT2D eigenvalue weighted by atomic mass is 127. The third-order valence-corrected chi connectivity index (χ3v) is 5.12. The van der Waals surface area contributed by atoms with Gasteiger partial charge in [-0.15, -0.1) is 13.2 Å². The molecule has 4 aromatic rings. The van der Waals surface area contributed by atoms with Crippen molar-refractivity contribution in [3.63, 3.8) is 0 Å². The molecule has 4 rings (SSSR count). The second-order valence-corrected chi connectivity index (χ2v) is 7.79. The molecule has 0 aliphatic heterocycles. The van der Waals surface area contributed by atoms with Gasteiger partial charge in [0.15, 0.2) is 5.76 Å². The fourth-order valence-electron chi connectivity index (χ4n) is 3.12. The van der Waals surface area contributed by atoms with Gasteiger partial charge in [-0.3, -0.25) is 4.98 Å². The lowest BCUT2D eigenvalue weighted by Gasteiger charge is -2.13. The van der Waals surface area contributed by atoms with Crippen LogP contribution in [0.25, 0.3) is 22.6 Å². The molecule has 31 heavy (non-hydrogen) atoms. The van der Waals surface area contributed by atoms with E-state index in [1.807, 2.05) is 24.3 Å². The van der Waals surface area contributed by atoms with Gasteiger partial charge in [-0.2, -0.15) is 0 Å². The van der Waals surface area contributed by atoms with Crippen LogP contribution in [-0.2, 0) is 0 Å². The maximum Gasteiger partial charge on any atom is 0.573 e. The van der Waals surface area contributed by atoms with Crippen LogP contribution < -0.4 is 4.74 Å². The van der Waals surface area contributed by atoms with Crippen LogP contribution in [0.4, 0.5) is 13.2 Å². The Morgan fingerprint density at radius 1 is 1.00 bits per heavy atom. The molecule has 1 unspecified atom stereocenters. The Bertz CT molecular complexity index is 1180. The number of benzene rings is 2. The molecule has 0 saturated carbocycles. The van der Waals surface area contributed by atoms with E-state index in [1.54, 1.807) is 18.3 Å². The molecule has 0 spiro atoms. The molecule has 0 bridgehead atoms. The molecule has 1 atom stereocenters. The number of aromatic nitrogens is 2. The molecule has 0 aliphatic carbocycles. The van der Waals surface area contributed by atoms with Gasteiger partial charge in [-0.05, 0) is 65.1 Å². The number of nitrogens with zero attached hydrogens (tertiary/aromatic N) is 2. The quantitative estimate of drug-likeness (QED) is 0.317. The first-order valence-corrected chi connectivity index (χ1v) is 10.1. The lowest BCUT2D eigenvalue weighted by molar-refractivity contribution is -0.274. The summed E-state index contributed by atoms with van der Waals surface area (Å²) in [6, 6.07) is 16.1. The summed E-state index contributed by atoms with van der Waals surface area (Å²) in [5, 5.41) is 15.2. The molecule has 2 heterocycles. The molecular formula is C22H14F3IN2O3. The van der Waals surface area contributed by atoms with Crippen molar-refractivity contribution in [3.05, 3.63) is 87.8 Å². The van der Waals surface area contributed by atoms with E-state index >= 15 is 0 Å². The highest BCUT2D eigenvalue weighted by Crippen LogP contribution is 2.39. The molecule has 5 nitrogen and oxygen atoms in total. The Morgan fingerprint density at radius 3 is 2.42 bits per heavy atom. The molecule has 2 aromatic heterocycles. The Kier molecular flexibility index (Phi) is 5.96. The lowest BCUT2D eigenvalue weighted by atomic mass is 9.95. The summed E-state index contributed by atoms with van der Waals surface area (Å²) in [6.07, 6.45) is -2.78. The molecule has 0 fully saturated rings. The number of aliphatic hydroxyl groups excluding tert-OH is 1. The van der Waals surface area contributed by atoms with E-state index in [0.29, 0.717) is 33.7 Å². The van der Waals surface area contributed by atoms with Crippen LogP contribution in [0.15, 0.2) is 77.6 Å². The van der Waals surface area contributed by atoms with Crippen LogP contribution >= 0.6 is 22.6 Å². The maximum atomic E-state index is 12.5. The molecule has 0 radical (unpaired) electrons. The number of rotatable bonds is 5. The van der Waals surface area contributed by atoms with E-state index < -0.39 is 12.5 Å². The third-order valence-electron chi connectivity index (χ3n) is 4.45. The molecule has 0 amide bonds. The average molecular weight is 538 g/mol. The fraction of sp³-hybridized carbons (Fsp3) is 0.0909. The zero-order valence-corrected chi connectivity index (χ0v) is 17.8. The smallest absolute Gasteiger partial charge is 0.406 e. The van der Waals surface area contributed by atoms with E-state index in [2.05, 4.69) is 37.5 Å². The topological polar surface area (TPSA) is 68.4 Å². The number of ether oxygens (including phenoxy) is 1. The summed E-state index contributed by atoms with van der Waals surface area (Å²) >= 11 is 2.16. The van der Waals surface area contributed by atoms with Gasteiger partial charge in [-0.1, -0.05) is 23.4 Å². The largest absolute Gasteiger partial charge is 0.573 e. The van der Waals surface area contributed by atoms with E-state index in [0.717, 1.165) is 3.57 Å². The van der Waals surface area contributed by atoms with Gasteiger partial charge in [0.2, 0.25) is 0 Å². The van der Waals surface area contributed by atoms with Crippen molar-refractivity contribution in [1.29, 1.82) is 0 Å². The Morgan fingerprint density at radius 2 is 1.77 bits per heavy atom. The molecule has 9 heteroatoms. The summed E-state index contributed by atoms with van der Waals surface area (Å²) in [5.74, 6) is 0.00688. The normalized spacial score (nSPS) is 12.5. The van der Waals surface area contributed by atoms with E-state index in [4.69, 9.17) is 4.52 Å². The molecule has 0 saturated heterocycles. The predicted octanol–water partition coefficient (Wildman–Crippen LogP) is 5.99. The van der Waals surface area contributed by atoms with Crippen LogP contribution in [0.3, 0.4) is 0 Å². The van der Waals surface area contributed by atoms with Crippen molar-refractivity contribution in [2.24, 2.45) is 0 Å². The summed E-state index contributed by atoms with van der Waals surface area (Å²) < 4.78 is 47.9. The maximum absolute atomic E-state index is 12.5. The first-order chi connectivity index (χ1) is 14.8. The van der Waals surface area contributed by atoms with Crippen LogP contribution in [0.5, 0.6) is 5.75 Å². The van der Waals surface area contributed by atoms with Gasteiger partial charge in [-0.25, -0.2) is 0 Å².